The Kier molecular flexibility index (Phi) is 8.54. The second kappa shape index (κ2) is 11.6. The van der Waals surface area contributed by atoms with Gasteiger partial charge in [0.15, 0.2) is 5.60 Å². The van der Waals surface area contributed by atoms with Gasteiger partial charge >= 0.3 is 12.1 Å². The fourth-order valence-corrected chi connectivity index (χ4v) is 5.14. The smallest absolute Gasteiger partial charge is 0.418 e. The van der Waals surface area contributed by atoms with Crippen LogP contribution in [0.4, 0.5) is 23.2 Å². The number of esters is 1. The quantitative estimate of drug-likeness (QED) is 0.158. The van der Waals surface area contributed by atoms with E-state index in [1.54, 1.807) is 48.9 Å². The van der Waals surface area contributed by atoms with Crippen molar-refractivity contribution in [2.75, 3.05) is 25.6 Å². The first-order valence-corrected chi connectivity index (χ1v) is 13.3. The number of ether oxygens (including phenoxy) is 2. The molecule has 2 N–H and O–H groups in total. The molecule has 1 unspecified atom stereocenters. The Morgan fingerprint density at radius 2 is 1.83 bits per heavy atom. The Morgan fingerprint density at radius 1 is 1.10 bits per heavy atom. The van der Waals surface area contributed by atoms with Crippen LogP contribution in [0.2, 0.25) is 0 Å². The van der Waals surface area contributed by atoms with E-state index in [1.165, 1.54) is 33.2 Å². The maximum absolute atomic E-state index is 14.4. The van der Waals surface area contributed by atoms with Crippen molar-refractivity contribution in [2.45, 2.75) is 51.3 Å². The van der Waals surface area contributed by atoms with Crippen molar-refractivity contribution < 1.29 is 36.9 Å². The lowest BCUT2D eigenvalue weighted by Crippen LogP contribution is -2.53. The highest BCUT2D eigenvalue weighted by Gasteiger charge is 2.56. The van der Waals surface area contributed by atoms with E-state index in [9.17, 15) is 27.5 Å². The van der Waals surface area contributed by atoms with Crippen molar-refractivity contribution in [2.24, 2.45) is 0 Å². The number of carbonyl (C=O) groups is 1. The average molecular weight is 588 g/mol. The number of fused-ring (bicyclic) bond motifs is 1. The third-order valence-electron chi connectivity index (χ3n) is 7.16. The standard InChI is InChI=1S/C31H33F4N3O4/c1-6-42-28(39)20-8-7-9-22(14-20)38-26-13-19(2)12-25(23(26)16-37-38)36-18-30(40,31(33,34)35)17-29(3,4)24-15-21(32)10-11-27(24)41-5/h7-16,36,40H,6,17-18H2,1-5H3. The average Bonchev–Trinajstić information content (AvgIpc) is 3.35. The zero-order valence-electron chi connectivity index (χ0n) is 24.0. The summed E-state index contributed by atoms with van der Waals surface area (Å²) in [6, 6.07) is 13.8. The number of nitrogens with zero attached hydrogens (tertiary/aromatic N) is 2. The molecule has 0 amide bonds. The summed E-state index contributed by atoms with van der Waals surface area (Å²) >= 11 is 0. The van der Waals surface area contributed by atoms with E-state index < -0.39 is 41.9 Å². The van der Waals surface area contributed by atoms with Gasteiger partial charge in [0.25, 0.3) is 0 Å². The van der Waals surface area contributed by atoms with Crippen molar-refractivity contribution in [3.63, 3.8) is 0 Å². The Morgan fingerprint density at radius 3 is 2.50 bits per heavy atom. The number of hydrogen-bond acceptors (Lipinski definition) is 6. The van der Waals surface area contributed by atoms with Crippen LogP contribution in [-0.2, 0) is 10.2 Å². The highest BCUT2D eigenvalue weighted by Crippen LogP contribution is 2.44. The van der Waals surface area contributed by atoms with E-state index in [-0.39, 0.29) is 17.9 Å². The molecule has 3 aromatic carbocycles. The number of methoxy groups -OCH3 is 1. The molecule has 0 aliphatic rings. The topological polar surface area (TPSA) is 85.6 Å². The summed E-state index contributed by atoms with van der Waals surface area (Å²) in [5.41, 5.74) is -1.77. The number of carbonyl (C=O) groups excluding carboxylic acids is 1. The Hall–Kier alpha value is -4.12. The van der Waals surface area contributed by atoms with Crippen LogP contribution in [0.3, 0.4) is 0 Å². The number of aliphatic hydroxyl groups is 1. The Bertz CT molecular complexity index is 1600. The second-order valence-corrected chi connectivity index (χ2v) is 10.9. The Balaban J connectivity index is 1.68. The SMILES string of the molecule is CCOC(=O)c1cccc(-n2ncc3c(NCC(O)(CC(C)(C)c4cc(F)ccc4OC)C(F)(F)F)cc(C)cc32)c1. The van der Waals surface area contributed by atoms with Gasteiger partial charge in [-0.3, -0.25) is 0 Å². The molecule has 42 heavy (non-hydrogen) atoms. The number of halogens is 4. The molecule has 11 heteroatoms. The van der Waals surface area contributed by atoms with Gasteiger partial charge in [-0.2, -0.15) is 18.3 Å². The molecule has 1 atom stereocenters. The summed E-state index contributed by atoms with van der Waals surface area (Å²) in [6.45, 7) is 5.84. The van der Waals surface area contributed by atoms with Gasteiger partial charge in [0.1, 0.15) is 11.6 Å². The van der Waals surface area contributed by atoms with Crippen molar-refractivity contribution in [1.29, 1.82) is 0 Å². The molecule has 4 rings (SSSR count). The summed E-state index contributed by atoms with van der Waals surface area (Å²) in [4.78, 5) is 12.2. The van der Waals surface area contributed by atoms with Crippen LogP contribution < -0.4 is 10.1 Å². The van der Waals surface area contributed by atoms with Gasteiger partial charge in [-0.15, -0.1) is 0 Å². The zero-order valence-corrected chi connectivity index (χ0v) is 24.0. The van der Waals surface area contributed by atoms with Gasteiger partial charge in [0, 0.05) is 16.6 Å². The number of rotatable bonds is 10. The molecule has 1 heterocycles. The molecule has 4 aromatic rings. The number of anilines is 1. The maximum atomic E-state index is 14.4. The van der Waals surface area contributed by atoms with E-state index in [0.29, 0.717) is 27.8 Å². The van der Waals surface area contributed by atoms with E-state index in [4.69, 9.17) is 9.47 Å². The molecule has 0 fully saturated rings. The second-order valence-electron chi connectivity index (χ2n) is 10.9. The maximum Gasteiger partial charge on any atom is 0.418 e. The predicted molar refractivity (Wildman–Crippen MR) is 152 cm³/mol. The molecule has 224 valence electrons. The van der Waals surface area contributed by atoms with Crippen LogP contribution in [0.25, 0.3) is 16.6 Å². The van der Waals surface area contributed by atoms with Crippen LogP contribution >= 0.6 is 0 Å². The number of alkyl halides is 3. The van der Waals surface area contributed by atoms with Gasteiger partial charge in [-0.05, 0) is 79.8 Å². The van der Waals surface area contributed by atoms with Crippen LogP contribution in [0.1, 0.15) is 48.7 Å². The van der Waals surface area contributed by atoms with Crippen molar-refractivity contribution in [1.82, 2.24) is 9.78 Å². The summed E-state index contributed by atoms with van der Waals surface area (Å²) in [5, 5.41) is 18.8. The van der Waals surface area contributed by atoms with Crippen molar-refractivity contribution in [3.05, 3.63) is 83.3 Å². The van der Waals surface area contributed by atoms with Crippen molar-refractivity contribution >= 4 is 22.6 Å². The predicted octanol–water partition coefficient (Wildman–Crippen LogP) is 6.73. The largest absolute Gasteiger partial charge is 0.496 e. The minimum Gasteiger partial charge on any atom is -0.496 e. The minimum atomic E-state index is -5.02. The molecule has 0 saturated carbocycles. The molecule has 0 radical (unpaired) electrons. The third kappa shape index (κ3) is 6.20. The fourth-order valence-electron chi connectivity index (χ4n) is 5.14. The van der Waals surface area contributed by atoms with Gasteiger partial charge < -0.3 is 19.9 Å². The van der Waals surface area contributed by atoms with E-state index in [0.717, 1.165) is 17.7 Å². The first-order chi connectivity index (χ1) is 19.7. The number of aryl methyl sites for hydroxylation is 1. The zero-order chi connectivity index (χ0) is 30.9. The van der Waals surface area contributed by atoms with Crippen LogP contribution in [0.5, 0.6) is 5.75 Å². The number of nitrogens with one attached hydrogen (secondary N) is 1. The van der Waals surface area contributed by atoms with Gasteiger partial charge in [0.05, 0.1) is 43.2 Å². The Labute approximate surface area is 241 Å². The minimum absolute atomic E-state index is 0.206. The van der Waals surface area contributed by atoms with E-state index in [1.807, 2.05) is 6.07 Å². The highest BCUT2D eigenvalue weighted by molar-refractivity contribution is 5.94. The summed E-state index contributed by atoms with van der Waals surface area (Å²) in [5.74, 6) is -0.891. The lowest BCUT2D eigenvalue weighted by molar-refractivity contribution is -0.260. The number of hydrogen-bond donors (Lipinski definition) is 2. The van der Waals surface area contributed by atoms with Crippen LogP contribution in [0, 0.1) is 12.7 Å². The first-order valence-electron chi connectivity index (χ1n) is 13.3. The first kappa shape index (κ1) is 30.8. The van der Waals surface area contributed by atoms with E-state index in [2.05, 4.69) is 10.4 Å². The lowest BCUT2D eigenvalue weighted by Gasteiger charge is -2.38. The molecular weight excluding hydrogens is 554 g/mol. The van der Waals surface area contributed by atoms with Crippen molar-refractivity contribution in [3.8, 4) is 11.4 Å². The van der Waals surface area contributed by atoms with E-state index >= 15 is 0 Å². The molecular formula is C31H33F4N3O4. The molecule has 0 spiro atoms. The molecule has 0 saturated heterocycles. The molecule has 0 aliphatic heterocycles. The molecule has 0 aliphatic carbocycles. The summed E-state index contributed by atoms with van der Waals surface area (Å²) in [6.07, 6.45) is -4.29. The monoisotopic (exact) mass is 587 g/mol. The normalized spacial score (nSPS) is 13.6. The van der Waals surface area contributed by atoms with Gasteiger partial charge in [-0.25, -0.2) is 13.9 Å². The van der Waals surface area contributed by atoms with Gasteiger partial charge in [-0.1, -0.05) is 19.9 Å². The van der Waals surface area contributed by atoms with Crippen LogP contribution in [-0.4, -0.2) is 52.9 Å². The summed E-state index contributed by atoms with van der Waals surface area (Å²) in [7, 11) is 1.35. The fraction of sp³-hybridized carbons (Fsp3) is 0.355. The molecule has 1 aromatic heterocycles. The van der Waals surface area contributed by atoms with Gasteiger partial charge in [0.2, 0.25) is 0 Å². The highest BCUT2D eigenvalue weighted by atomic mass is 19.4. The third-order valence-corrected chi connectivity index (χ3v) is 7.16. The number of aromatic nitrogens is 2. The number of benzene rings is 3. The lowest BCUT2D eigenvalue weighted by atomic mass is 9.74. The molecule has 0 bridgehead atoms. The summed E-state index contributed by atoms with van der Waals surface area (Å²) < 4.78 is 69.3. The van der Waals surface area contributed by atoms with Crippen LogP contribution in [0.15, 0.2) is 60.8 Å². The molecule has 7 nitrogen and oxygen atoms in total.